The molecular weight excluding hydrogens is 328 g/mol. The normalized spacial score (nSPS) is 11.6. The van der Waals surface area contributed by atoms with Gasteiger partial charge < -0.3 is 0 Å². The molecule has 1 aromatic heterocycles. The van der Waals surface area contributed by atoms with Crippen molar-refractivity contribution in [2.24, 2.45) is 4.99 Å². The molecule has 0 bridgehead atoms. The van der Waals surface area contributed by atoms with Gasteiger partial charge in [-0.25, -0.2) is 4.98 Å². The van der Waals surface area contributed by atoms with Crippen LogP contribution in [-0.4, -0.2) is 16.5 Å². The van der Waals surface area contributed by atoms with E-state index in [4.69, 9.17) is 4.99 Å². The predicted octanol–water partition coefficient (Wildman–Crippen LogP) is 4.80. The van der Waals surface area contributed by atoms with Crippen LogP contribution in [0.3, 0.4) is 0 Å². The number of benzene rings is 1. The number of aliphatic imine (C=N–C) groups is 1. The zero-order valence-electron chi connectivity index (χ0n) is 12.6. The van der Waals surface area contributed by atoms with Crippen molar-refractivity contribution >= 4 is 33.1 Å². The van der Waals surface area contributed by atoms with Crippen molar-refractivity contribution in [2.45, 2.75) is 27.7 Å². The van der Waals surface area contributed by atoms with Crippen molar-refractivity contribution in [2.75, 3.05) is 0 Å². The smallest absolute Gasteiger partial charge is 0.178 e. The number of ketones is 1. The average Bonchev–Trinajstić information content (AvgIpc) is 2.42. The van der Waals surface area contributed by atoms with Crippen molar-refractivity contribution in [3.8, 4) is 0 Å². The summed E-state index contributed by atoms with van der Waals surface area (Å²) in [5.74, 6) is -0.0411. The van der Waals surface area contributed by atoms with Crippen LogP contribution in [0.2, 0.25) is 0 Å². The van der Waals surface area contributed by atoms with E-state index < -0.39 is 0 Å². The van der Waals surface area contributed by atoms with Crippen LogP contribution in [0.25, 0.3) is 0 Å². The summed E-state index contributed by atoms with van der Waals surface area (Å²) in [6.45, 7) is 7.49. The first-order valence-electron chi connectivity index (χ1n) is 6.69. The lowest BCUT2D eigenvalue weighted by atomic mass is 10.1. The Morgan fingerprint density at radius 2 is 1.67 bits per heavy atom. The molecule has 0 N–H and O–H groups in total. The Morgan fingerprint density at radius 3 is 2.24 bits per heavy atom. The first-order valence-corrected chi connectivity index (χ1v) is 7.48. The number of carbonyl (C=O) groups is 1. The van der Waals surface area contributed by atoms with Gasteiger partial charge in [-0.3, -0.25) is 9.79 Å². The molecule has 4 heteroatoms. The summed E-state index contributed by atoms with van der Waals surface area (Å²) >= 11 is 3.49. The Bertz CT molecular complexity index is 712. The molecule has 0 aliphatic rings. The molecule has 0 amide bonds. The first-order chi connectivity index (χ1) is 9.88. The van der Waals surface area contributed by atoms with E-state index in [1.807, 2.05) is 45.0 Å². The summed E-state index contributed by atoms with van der Waals surface area (Å²) < 4.78 is 1.05. The second kappa shape index (κ2) is 6.31. The molecule has 2 aromatic rings. The number of halogens is 1. The third-order valence-electron chi connectivity index (χ3n) is 3.22. The van der Waals surface area contributed by atoms with E-state index in [2.05, 4.69) is 20.9 Å². The van der Waals surface area contributed by atoms with Crippen LogP contribution in [0, 0.1) is 13.8 Å². The van der Waals surface area contributed by atoms with E-state index in [-0.39, 0.29) is 5.78 Å². The van der Waals surface area contributed by atoms with Gasteiger partial charge in [0.05, 0.1) is 17.1 Å². The zero-order valence-corrected chi connectivity index (χ0v) is 14.2. The van der Waals surface area contributed by atoms with Crippen molar-refractivity contribution in [3.05, 3.63) is 57.3 Å². The van der Waals surface area contributed by atoms with Gasteiger partial charge in [0.1, 0.15) is 5.69 Å². The van der Waals surface area contributed by atoms with Crippen LogP contribution in [0.4, 0.5) is 5.69 Å². The predicted molar refractivity (Wildman–Crippen MR) is 89.7 cm³/mol. The Morgan fingerprint density at radius 1 is 1.10 bits per heavy atom. The van der Waals surface area contributed by atoms with Crippen LogP contribution in [-0.2, 0) is 0 Å². The summed E-state index contributed by atoms with van der Waals surface area (Å²) in [7, 11) is 0. The van der Waals surface area contributed by atoms with Gasteiger partial charge in [0.25, 0.3) is 0 Å². The van der Waals surface area contributed by atoms with E-state index in [0.717, 1.165) is 32.7 Å². The lowest BCUT2D eigenvalue weighted by Gasteiger charge is -2.08. The fourth-order valence-electron chi connectivity index (χ4n) is 2.14. The fraction of sp³-hybridized carbons (Fsp3) is 0.235. The zero-order chi connectivity index (χ0) is 15.6. The van der Waals surface area contributed by atoms with Crippen LogP contribution in [0.5, 0.6) is 0 Å². The molecule has 0 fully saturated rings. The van der Waals surface area contributed by atoms with E-state index in [0.29, 0.717) is 5.69 Å². The third kappa shape index (κ3) is 3.64. The molecule has 3 nitrogen and oxygen atoms in total. The van der Waals surface area contributed by atoms with Gasteiger partial charge in [0, 0.05) is 11.4 Å². The molecule has 1 aromatic carbocycles. The van der Waals surface area contributed by atoms with E-state index in [9.17, 15) is 4.79 Å². The van der Waals surface area contributed by atoms with Crippen molar-refractivity contribution in [1.29, 1.82) is 0 Å². The minimum absolute atomic E-state index is 0.0411. The van der Waals surface area contributed by atoms with Gasteiger partial charge in [0.15, 0.2) is 5.78 Å². The molecule has 0 unspecified atom stereocenters. The number of rotatable bonds is 3. The number of nitrogens with zero attached hydrogens (tertiary/aromatic N) is 2. The highest BCUT2D eigenvalue weighted by Gasteiger charge is 2.07. The molecule has 108 valence electrons. The second-order valence-electron chi connectivity index (χ2n) is 5.05. The third-order valence-corrected chi connectivity index (χ3v) is 3.67. The highest BCUT2D eigenvalue weighted by molar-refractivity contribution is 9.10. The fourth-order valence-corrected chi connectivity index (χ4v) is 2.82. The molecule has 2 rings (SSSR count). The second-order valence-corrected chi connectivity index (χ2v) is 5.97. The Hall–Kier alpha value is -1.81. The largest absolute Gasteiger partial charge is 0.293 e. The Kier molecular flexibility index (Phi) is 4.68. The van der Waals surface area contributed by atoms with Gasteiger partial charge in [-0.2, -0.15) is 0 Å². The minimum atomic E-state index is -0.0411. The standard InChI is InChI=1S/C17H17BrN2O/c1-10-8-14(18)9-11(2)17(10)19-12(3)15-6-5-7-16(20-15)13(4)21/h5-9H,1-4H3. The Labute approximate surface area is 133 Å². The van der Waals surface area contributed by atoms with E-state index in [1.165, 1.54) is 6.92 Å². The maximum atomic E-state index is 11.4. The highest BCUT2D eigenvalue weighted by Crippen LogP contribution is 2.28. The molecule has 0 atom stereocenters. The monoisotopic (exact) mass is 344 g/mol. The van der Waals surface area contributed by atoms with E-state index in [1.54, 1.807) is 6.07 Å². The molecule has 0 saturated heterocycles. The van der Waals surface area contributed by atoms with Crippen LogP contribution < -0.4 is 0 Å². The topological polar surface area (TPSA) is 42.3 Å². The summed E-state index contributed by atoms with van der Waals surface area (Å²) in [6, 6.07) is 9.50. The molecule has 0 spiro atoms. The molecule has 1 heterocycles. The van der Waals surface area contributed by atoms with E-state index >= 15 is 0 Å². The number of Topliss-reactive ketones (excluding diaryl/α,β-unsaturated/α-hetero) is 1. The van der Waals surface area contributed by atoms with Crippen LogP contribution in [0.15, 0.2) is 39.8 Å². The molecule has 0 aliphatic heterocycles. The highest BCUT2D eigenvalue weighted by atomic mass is 79.9. The van der Waals surface area contributed by atoms with Crippen molar-refractivity contribution in [3.63, 3.8) is 0 Å². The summed E-state index contributed by atoms with van der Waals surface area (Å²) in [4.78, 5) is 20.5. The minimum Gasteiger partial charge on any atom is -0.293 e. The summed E-state index contributed by atoms with van der Waals surface area (Å²) in [5.41, 5.74) is 5.14. The Balaban J connectivity index is 2.47. The molecule has 0 saturated carbocycles. The first kappa shape index (κ1) is 15.6. The lowest BCUT2D eigenvalue weighted by Crippen LogP contribution is -2.04. The quantitative estimate of drug-likeness (QED) is 0.592. The SMILES string of the molecule is CC(=O)c1cccc(C(C)=Nc2c(C)cc(Br)cc2C)n1. The summed E-state index contributed by atoms with van der Waals surface area (Å²) in [6.07, 6.45) is 0. The summed E-state index contributed by atoms with van der Waals surface area (Å²) in [5, 5.41) is 0. The molecular formula is C17H17BrN2O. The van der Waals surface area contributed by atoms with Crippen molar-refractivity contribution < 1.29 is 4.79 Å². The number of carbonyl (C=O) groups excluding carboxylic acids is 1. The lowest BCUT2D eigenvalue weighted by molar-refractivity contribution is 0.101. The van der Waals surface area contributed by atoms with Gasteiger partial charge in [-0.05, 0) is 56.2 Å². The van der Waals surface area contributed by atoms with Gasteiger partial charge in [-0.15, -0.1) is 0 Å². The van der Waals surface area contributed by atoms with Gasteiger partial charge >= 0.3 is 0 Å². The number of aromatic nitrogens is 1. The molecule has 0 radical (unpaired) electrons. The number of hydrogen-bond acceptors (Lipinski definition) is 3. The number of hydrogen-bond donors (Lipinski definition) is 0. The number of pyridine rings is 1. The van der Waals surface area contributed by atoms with Gasteiger partial charge in [0.2, 0.25) is 0 Å². The van der Waals surface area contributed by atoms with Crippen LogP contribution >= 0.6 is 15.9 Å². The maximum Gasteiger partial charge on any atom is 0.178 e. The van der Waals surface area contributed by atoms with Crippen LogP contribution in [0.1, 0.15) is 41.2 Å². The number of aryl methyl sites for hydroxylation is 2. The van der Waals surface area contributed by atoms with Crippen molar-refractivity contribution in [1.82, 2.24) is 4.98 Å². The maximum absolute atomic E-state index is 11.4. The van der Waals surface area contributed by atoms with Gasteiger partial charge in [-0.1, -0.05) is 22.0 Å². The average molecular weight is 345 g/mol. The molecule has 0 aliphatic carbocycles. The molecule has 21 heavy (non-hydrogen) atoms.